The van der Waals surface area contributed by atoms with Crippen molar-refractivity contribution in [1.29, 1.82) is 0 Å². The van der Waals surface area contributed by atoms with Crippen LogP contribution in [0.15, 0.2) is 24.4 Å². The van der Waals surface area contributed by atoms with E-state index >= 15 is 0 Å². The van der Waals surface area contributed by atoms with Crippen molar-refractivity contribution in [3.05, 3.63) is 48.9 Å². The second-order valence-corrected chi connectivity index (χ2v) is 5.70. The van der Waals surface area contributed by atoms with Crippen molar-refractivity contribution < 1.29 is 4.39 Å². The molecule has 0 saturated carbocycles. The van der Waals surface area contributed by atoms with Gasteiger partial charge in [0.2, 0.25) is 0 Å². The van der Waals surface area contributed by atoms with Gasteiger partial charge in [0.1, 0.15) is 5.69 Å². The average molecular weight is 402 g/mol. The maximum atomic E-state index is 13.8. The summed E-state index contributed by atoms with van der Waals surface area (Å²) in [5.74, 6) is -0.461. The SMILES string of the molecule is Fc1cc(I)cnc1-c1cc(Cl)cc(Cl)c1Cl. The molecule has 0 unspecified atom stereocenters. The smallest absolute Gasteiger partial charge is 0.150 e. The molecule has 0 aliphatic carbocycles. The highest BCUT2D eigenvalue weighted by Gasteiger charge is 2.14. The first kappa shape index (κ1) is 13.3. The third kappa shape index (κ3) is 2.84. The highest BCUT2D eigenvalue weighted by Crippen LogP contribution is 2.36. The molecule has 1 heterocycles. The van der Waals surface area contributed by atoms with Crippen molar-refractivity contribution in [1.82, 2.24) is 4.98 Å². The maximum Gasteiger partial charge on any atom is 0.150 e. The van der Waals surface area contributed by atoms with Crippen LogP contribution in [0.5, 0.6) is 0 Å². The number of rotatable bonds is 1. The van der Waals surface area contributed by atoms with Gasteiger partial charge in [-0.2, -0.15) is 0 Å². The van der Waals surface area contributed by atoms with Gasteiger partial charge in [-0.05, 0) is 40.8 Å². The minimum absolute atomic E-state index is 0.139. The lowest BCUT2D eigenvalue weighted by Crippen LogP contribution is -1.92. The number of halogens is 5. The molecule has 0 radical (unpaired) electrons. The zero-order chi connectivity index (χ0) is 12.6. The molecule has 0 bridgehead atoms. The molecule has 1 aromatic heterocycles. The Hall–Kier alpha value is -0.100. The van der Waals surface area contributed by atoms with Gasteiger partial charge in [-0.3, -0.25) is 4.98 Å². The van der Waals surface area contributed by atoms with E-state index < -0.39 is 5.82 Å². The van der Waals surface area contributed by atoms with Gasteiger partial charge < -0.3 is 0 Å². The van der Waals surface area contributed by atoms with Gasteiger partial charge in [0.15, 0.2) is 5.82 Å². The Morgan fingerprint density at radius 3 is 2.47 bits per heavy atom. The van der Waals surface area contributed by atoms with Gasteiger partial charge >= 0.3 is 0 Å². The fourth-order valence-electron chi connectivity index (χ4n) is 1.34. The lowest BCUT2D eigenvalue weighted by Gasteiger charge is -2.07. The average Bonchev–Trinajstić information content (AvgIpc) is 2.24. The normalized spacial score (nSPS) is 10.6. The third-order valence-electron chi connectivity index (χ3n) is 2.06. The van der Waals surface area contributed by atoms with Crippen molar-refractivity contribution >= 4 is 57.4 Å². The molecule has 2 rings (SSSR count). The summed E-state index contributed by atoms with van der Waals surface area (Å²) in [4.78, 5) is 4.01. The summed E-state index contributed by atoms with van der Waals surface area (Å²) in [6, 6.07) is 4.40. The second kappa shape index (κ2) is 5.26. The minimum Gasteiger partial charge on any atom is -0.252 e. The van der Waals surface area contributed by atoms with Gasteiger partial charge in [0.05, 0.1) is 10.0 Å². The lowest BCUT2D eigenvalue weighted by atomic mass is 10.1. The van der Waals surface area contributed by atoms with Gasteiger partial charge in [-0.1, -0.05) is 34.8 Å². The molecular weight excluding hydrogens is 398 g/mol. The van der Waals surface area contributed by atoms with Gasteiger partial charge in [-0.25, -0.2) is 4.39 Å². The number of hydrogen-bond acceptors (Lipinski definition) is 1. The third-order valence-corrected chi connectivity index (χ3v) is 3.67. The second-order valence-electron chi connectivity index (χ2n) is 3.23. The standard InChI is InChI=1S/C11H4Cl3FIN/c12-5-1-7(10(14)8(13)2-5)11-9(15)3-6(16)4-17-11/h1-4H. The summed E-state index contributed by atoms with van der Waals surface area (Å²) in [6.07, 6.45) is 1.55. The molecule has 1 aromatic carbocycles. The maximum absolute atomic E-state index is 13.8. The molecule has 0 N–H and O–H groups in total. The van der Waals surface area contributed by atoms with E-state index in [9.17, 15) is 4.39 Å². The summed E-state index contributed by atoms with van der Waals surface area (Å²) in [6.45, 7) is 0. The lowest BCUT2D eigenvalue weighted by molar-refractivity contribution is 0.624. The van der Waals surface area contributed by atoms with Crippen LogP contribution in [0.2, 0.25) is 15.1 Å². The van der Waals surface area contributed by atoms with E-state index in [-0.39, 0.29) is 15.7 Å². The molecule has 2 aromatic rings. The van der Waals surface area contributed by atoms with Crippen LogP contribution in [0, 0.1) is 9.39 Å². The summed E-state index contributed by atoms with van der Waals surface area (Å²) >= 11 is 19.7. The predicted molar refractivity (Wildman–Crippen MR) is 77.4 cm³/mol. The number of pyridine rings is 1. The molecule has 0 fully saturated rings. The molecule has 1 nitrogen and oxygen atoms in total. The first-order valence-electron chi connectivity index (χ1n) is 4.45. The van der Waals surface area contributed by atoms with E-state index in [4.69, 9.17) is 34.8 Å². The van der Waals surface area contributed by atoms with Crippen LogP contribution in [0.3, 0.4) is 0 Å². The molecule has 0 spiro atoms. The molecule has 0 aliphatic rings. The summed E-state index contributed by atoms with van der Waals surface area (Å²) in [7, 11) is 0. The van der Waals surface area contributed by atoms with Crippen molar-refractivity contribution in [3.8, 4) is 11.3 Å². The summed E-state index contributed by atoms with van der Waals surface area (Å²) < 4.78 is 14.5. The highest BCUT2D eigenvalue weighted by atomic mass is 127. The van der Waals surface area contributed by atoms with Gasteiger partial charge in [0.25, 0.3) is 0 Å². The fraction of sp³-hybridized carbons (Fsp3) is 0. The summed E-state index contributed by atoms with van der Waals surface area (Å²) in [5.41, 5.74) is 0.526. The predicted octanol–water partition coefficient (Wildman–Crippen LogP) is 5.45. The Labute approximate surface area is 126 Å². The van der Waals surface area contributed by atoms with Crippen LogP contribution in [0.4, 0.5) is 4.39 Å². The van der Waals surface area contributed by atoms with Crippen LogP contribution < -0.4 is 0 Å². The number of nitrogens with zero attached hydrogens (tertiary/aromatic N) is 1. The van der Waals surface area contributed by atoms with Crippen molar-refractivity contribution in [2.45, 2.75) is 0 Å². The van der Waals surface area contributed by atoms with Crippen LogP contribution >= 0.6 is 57.4 Å². The van der Waals surface area contributed by atoms with E-state index in [1.54, 1.807) is 6.20 Å². The number of aromatic nitrogens is 1. The van der Waals surface area contributed by atoms with Crippen LogP contribution in [-0.2, 0) is 0 Å². The van der Waals surface area contributed by atoms with Crippen molar-refractivity contribution in [3.63, 3.8) is 0 Å². The summed E-state index contributed by atoms with van der Waals surface area (Å²) in [5, 5.41) is 0.895. The van der Waals surface area contributed by atoms with Crippen molar-refractivity contribution in [2.24, 2.45) is 0 Å². The quantitative estimate of drug-likeness (QED) is 0.456. The van der Waals surface area contributed by atoms with Crippen molar-refractivity contribution in [2.75, 3.05) is 0 Å². The largest absolute Gasteiger partial charge is 0.252 e. The first-order chi connectivity index (χ1) is 7.99. The molecule has 0 aliphatic heterocycles. The van der Waals surface area contributed by atoms with Crippen LogP contribution in [0.25, 0.3) is 11.3 Å². The molecule has 0 saturated heterocycles. The Morgan fingerprint density at radius 2 is 1.82 bits per heavy atom. The van der Waals surface area contributed by atoms with E-state index in [1.165, 1.54) is 18.2 Å². The monoisotopic (exact) mass is 401 g/mol. The topological polar surface area (TPSA) is 12.9 Å². The molecule has 88 valence electrons. The molecule has 0 atom stereocenters. The van der Waals surface area contributed by atoms with Gasteiger partial charge in [0, 0.05) is 20.4 Å². The molecular formula is C11H4Cl3FIN. The van der Waals surface area contributed by atoms with Crippen LogP contribution in [0.1, 0.15) is 0 Å². The van der Waals surface area contributed by atoms with E-state index in [2.05, 4.69) is 4.98 Å². The minimum atomic E-state index is -0.461. The Bertz CT molecular complexity index is 589. The molecule has 0 amide bonds. The zero-order valence-corrected chi connectivity index (χ0v) is 12.6. The fourth-order valence-corrected chi connectivity index (χ4v) is 2.45. The molecule has 6 heteroatoms. The Morgan fingerprint density at radius 1 is 1.12 bits per heavy atom. The van der Waals surface area contributed by atoms with E-state index in [0.29, 0.717) is 14.2 Å². The highest BCUT2D eigenvalue weighted by molar-refractivity contribution is 14.1. The zero-order valence-electron chi connectivity index (χ0n) is 8.15. The number of benzene rings is 1. The van der Waals surface area contributed by atoms with Gasteiger partial charge in [-0.15, -0.1) is 0 Å². The van der Waals surface area contributed by atoms with E-state index in [1.807, 2.05) is 22.6 Å². The first-order valence-corrected chi connectivity index (χ1v) is 6.66. The van der Waals surface area contributed by atoms with E-state index in [0.717, 1.165) is 0 Å². The molecule has 17 heavy (non-hydrogen) atoms. The van der Waals surface area contributed by atoms with Crippen LogP contribution in [-0.4, -0.2) is 4.98 Å². The number of hydrogen-bond donors (Lipinski definition) is 0. The Balaban J connectivity index is 2.68. The Kier molecular flexibility index (Phi) is 4.13.